The molecule has 5 nitrogen and oxygen atoms in total. The molecule has 0 aliphatic rings. The van der Waals surface area contributed by atoms with Crippen LogP contribution in [-0.4, -0.2) is 24.4 Å². The van der Waals surface area contributed by atoms with Gasteiger partial charge >= 0.3 is 0 Å². The van der Waals surface area contributed by atoms with E-state index in [0.29, 0.717) is 12.5 Å². The zero-order valence-corrected chi connectivity index (χ0v) is 12.5. The van der Waals surface area contributed by atoms with Gasteiger partial charge < -0.3 is 16.0 Å². The number of hydrogen-bond donors (Lipinski definition) is 3. The highest BCUT2D eigenvalue weighted by molar-refractivity contribution is 5.89. The minimum absolute atomic E-state index is 0.0235. The first-order chi connectivity index (χ1) is 9.38. The van der Waals surface area contributed by atoms with Gasteiger partial charge in [-0.2, -0.15) is 0 Å². The number of carbonyl (C=O) groups is 2. The van der Waals surface area contributed by atoms with E-state index in [2.05, 4.69) is 29.8 Å². The Morgan fingerprint density at radius 3 is 2.10 bits per heavy atom. The lowest BCUT2D eigenvalue weighted by Gasteiger charge is -2.16. The minimum atomic E-state index is -0.305. The molecule has 0 spiro atoms. The summed E-state index contributed by atoms with van der Waals surface area (Å²) in [5.74, 6) is 0.305. The van der Waals surface area contributed by atoms with Gasteiger partial charge in [0, 0.05) is 24.8 Å². The fourth-order valence-corrected chi connectivity index (χ4v) is 1.63. The van der Waals surface area contributed by atoms with Crippen molar-refractivity contribution in [1.29, 1.82) is 0 Å². The van der Waals surface area contributed by atoms with Gasteiger partial charge in [-0.3, -0.25) is 9.59 Å². The van der Waals surface area contributed by atoms with Crippen molar-refractivity contribution in [2.24, 2.45) is 5.92 Å². The van der Waals surface area contributed by atoms with Crippen molar-refractivity contribution in [2.45, 2.75) is 33.7 Å². The van der Waals surface area contributed by atoms with Crippen LogP contribution in [0.3, 0.4) is 0 Å². The zero-order valence-electron chi connectivity index (χ0n) is 12.5. The monoisotopic (exact) mass is 277 g/mol. The van der Waals surface area contributed by atoms with Gasteiger partial charge in [0.2, 0.25) is 11.8 Å². The van der Waals surface area contributed by atoms with Gasteiger partial charge in [0.1, 0.15) is 6.04 Å². The molecule has 0 radical (unpaired) electrons. The van der Waals surface area contributed by atoms with Crippen molar-refractivity contribution in [3.05, 3.63) is 24.3 Å². The van der Waals surface area contributed by atoms with Crippen LogP contribution >= 0.6 is 0 Å². The first-order valence-corrected chi connectivity index (χ1v) is 6.80. The standard InChI is InChI=1S/C15H23N3O2/c1-10(2)9-16-15(20)11(3)17-13-5-7-14(8-6-13)18-12(4)19/h5-8,10-11,17H,9H2,1-4H3,(H,16,20)(H,18,19). The molecule has 1 rings (SSSR count). The zero-order chi connectivity index (χ0) is 15.1. The Hall–Kier alpha value is -2.04. The highest BCUT2D eigenvalue weighted by atomic mass is 16.2. The highest BCUT2D eigenvalue weighted by Crippen LogP contribution is 2.14. The summed E-state index contributed by atoms with van der Waals surface area (Å²) in [6, 6.07) is 6.94. The Balaban J connectivity index is 2.51. The average Bonchev–Trinajstić information content (AvgIpc) is 2.37. The van der Waals surface area contributed by atoms with Crippen molar-refractivity contribution >= 4 is 23.2 Å². The molecule has 0 saturated carbocycles. The van der Waals surface area contributed by atoms with Crippen LogP contribution in [0.5, 0.6) is 0 Å². The number of amides is 2. The smallest absolute Gasteiger partial charge is 0.242 e. The molecule has 0 aromatic heterocycles. The van der Waals surface area contributed by atoms with Crippen molar-refractivity contribution < 1.29 is 9.59 Å². The lowest BCUT2D eigenvalue weighted by molar-refractivity contribution is -0.121. The summed E-state index contributed by atoms with van der Waals surface area (Å²) in [5.41, 5.74) is 1.58. The number of rotatable bonds is 6. The minimum Gasteiger partial charge on any atom is -0.374 e. The van der Waals surface area contributed by atoms with Crippen LogP contribution in [0.1, 0.15) is 27.7 Å². The van der Waals surface area contributed by atoms with Gasteiger partial charge in [-0.05, 0) is 37.1 Å². The molecule has 3 N–H and O–H groups in total. The lowest BCUT2D eigenvalue weighted by Crippen LogP contribution is -2.39. The summed E-state index contributed by atoms with van der Waals surface area (Å²) in [6.07, 6.45) is 0. The molecule has 110 valence electrons. The molecule has 1 aromatic carbocycles. The summed E-state index contributed by atoms with van der Waals surface area (Å²) in [7, 11) is 0. The molecule has 0 aliphatic carbocycles. The Bertz CT molecular complexity index is 455. The summed E-state index contributed by atoms with van der Waals surface area (Å²) in [5, 5.41) is 8.70. The van der Waals surface area contributed by atoms with E-state index < -0.39 is 0 Å². The maximum absolute atomic E-state index is 11.8. The average molecular weight is 277 g/mol. The van der Waals surface area contributed by atoms with Crippen LogP contribution in [0, 0.1) is 5.92 Å². The van der Waals surface area contributed by atoms with E-state index in [-0.39, 0.29) is 17.9 Å². The summed E-state index contributed by atoms with van der Waals surface area (Å²) in [4.78, 5) is 22.7. The van der Waals surface area contributed by atoms with Gasteiger partial charge in [0.25, 0.3) is 0 Å². The van der Waals surface area contributed by atoms with E-state index in [9.17, 15) is 9.59 Å². The lowest BCUT2D eigenvalue weighted by atomic mass is 10.2. The summed E-state index contributed by atoms with van der Waals surface area (Å²) >= 11 is 0. The third-order valence-corrected chi connectivity index (χ3v) is 2.67. The predicted octanol–water partition coefficient (Wildman–Crippen LogP) is 2.22. The van der Waals surface area contributed by atoms with E-state index in [1.165, 1.54) is 6.92 Å². The second-order valence-electron chi connectivity index (χ2n) is 5.26. The first kappa shape index (κ1) is 16.0. The fourth-order valence-electron chi connectivity index (χ4n) is 1.63. The maximum Gasteiger partial charge on any atom is 0.242 e. The van der Waals surface area contributed by atoms with Crippen LogP contribution in [0.4, 0.5) is 11.4 Å². The molecule has 0 heterocycles. The molecule has 0 fully saturated rings. The molecule has 0 saturated heterocycles. The van der Waals surface area contributed by atoms with E-state index in [1.807, 2.05) is 19.1 Å². The Kier molecular flexibility index (Phi) is 6.03. The van der Waals surface area contributed by atoms with Gasteiger partial charge in [0.15, 0.2) is 0 Å². The van der Waals surface area contributed by atoms with Crippen LogP contribution in [0.2, 0.25) is 0 Å². The molecule has 2 amide bonds. The molecule has 1 unspecified atom stereocenters. The largest absolute Gasteiger partial charge is 0.374 e. The van der Waals surface area contributed by atoms with Gasteiger partial charge in [0.05, 0.1) is 0 Å². The van der Waals surface area contributed by atoms with Gasteiger partial charge in [-0.15, -0.1) is 0 Å². The number of nitrogens with one attached hydrogen (secondary N) is 3. The Labute approximate surface area is 120 Å². The van der Waals surface area contributed by atoms with E-state index in [0.717, 1.165) is 11.4 Å². The van der Waals surface area contributed by atoms with Crippen molar-refractivity contribution in [2.75, 3.05) is 17.2 Å². The quantitative estimate of drug-likeness (QED) is 0.746. The third kappa shape index (κ3) is 5.73. The Morgan fingerprint density at radius 2 is 1.60 bits per heavy atom. The fraction of sp³-hybridized carbons (Fsp3) is 0.467. The van der Waals surface area contributed by atoms with Crippen LogP contribution in [0.15, 0.2) is 24.3 Å². The van der Waals surface area contributed by atoms with Gasteiger partial charge in [-0.1, -0.05) is 13.8 Å². The molecule has 1 aromatic rings. The van der Waals surface area contributed by atoms with E-state index in [1.54, 1.807) is 12.1 Å². The van der Waals surface area contributed by atoms with Crippen molar-refractivity contribution in [3.63, 3.8) is 0 Å². The topological polar surface area (TPSA) is 70.2 Å². The molecule has 0 aliphatic heterocycles. The number of carbonyl (C=O) groups excluding carboxylic acids is 2. The maximum atomic E-state index is 11.8. The number of hydrogen-bond acceptors (Lipinski definition) is 3. The molecule has 5 heteroatoms. The highest BCUT2D eigenvalue weighted by Gasteiger charge is 2.12. The number of anilines is 2. The van der Waals surface area contributed by atoms with Crippen LogP contribution < -0.4 is 16.0 Å². The second-order valence-corrected chi connectivity index (χ2v) is 5.26. The molecular weight excluding hydrogens is 254 g/mol. The van der Waals surface area contributed by atoms with Crippen LogP contribution in [0.25, 0.3) is 0 Å². The summed E-state index contributed by atoms with van der Waals surface area (Å²) in [6.45, 7) is 8.06. The molecular formula is C15H23N3O2. The normalized spacial score (nSPS) is 11.8. The van der Waals surface area contributed by atoms with Crippen molar-refractivity contribution in [1.82, 2.24) is 5.32 Å². The van der Waals surface area contributed by atoms with Crippen LogP contribution in [-0.2, 0) is 9.59 Å². The second kappa shape index (κ2) is 7.53. The number of benzene rings is 1. The molecule has 0 bridgehead atoms. The predicted molar refractivity (Wildman–Crippen MR) is 81.7 cm³/mol. The Morgan fingerprint density at radius 1 is 1.05 bits per heavy atom. The van der Waals surface area contributed by atoms with Gasteiger partial charge in [-0.25, -0.2) is 0 Å². The van der Waals surface area contributed by atoms with E-state index in [4.69, 9.17) is 0 Å². The van der Waals surface area contributed by atoms with E-state index >= 15 is 0 Å². The molecule has 20 heavy (non-hydrogen) atoms. The first-order valence-electron chi connectivity index (χ1n) is 6.80. The third-order valence-electron chi connectivity index (χ3n) is 2.67. The SMILES string of the molecule is CC(=O)Nc1ccc(NC(C)C(=O)NCC(C)C)cc1. The summed E-state index contributed by atoms with van der Waals surface area (Å²) < 4.78 is 0. The molecule has 1 atom stereocenters. The van der Waals surface area contributed by atoms with Crippen molar-refractivity contribution in [3.8, 4) is 0 Å².